The van der Waals surface area contributed by atoms with Crippen LogP contribution in [0, 0.1) is 0 Å². The Labute approximate surface area is 163 Å². The van der Waals surface area contributed by atoms with Crippen molar-refractivity contribution in [1.82, 2.24) is 4.90 Å². The van der Waals surface area contributed by atoms with E-state index in [9.17, 15) is 9.90 Å². The molecule has 2 N–H and O–H groups in total. The smallest absolute Gasteiger partial charge is 0.336 e. The molecule has 1 aromatic heterocycles. The van der Waals surface area contributed by atoms with Crippen molar-refractivity contribution >= 4 is 11.0 Å². The first kappa shape index (κ1) is 20.1. The standard InChI is InChI=1S/C22H25NO5/c1-23(9-2-10-24)13-16-3-5-17(6-4-16)15-27-19-7-8-20-18(14-25)11-22(26)28-21(20)12-19/h3-8,11-12,24-25H,2,9-10,13-15H2,1H3. The van der Waals surface area contributed by atoms with E-state index in [0.717, 1.165) is 25.1 Å². The zero-order chi connectivity index (χ0) is 19.9. The molecule has 1 heterocycles. The number of hydrogen-bond donors (Lipinski definition) is 2. The van der Waals surface area contributed by atoms with Crippen LogP contribution in [-0.2, 0) is 19.8 Å². The van der Waals surface area contributed by atoms with Crippen molar-refractivity contribution < 1.29 is 19.4 Å². The lowest BCUT2D eigenvalue weighted by Crippen LogP contribution is -2.19. The maximum atomic E-state index is 11.6. The molecule has 0 radical (unpaired) electrons. The van der Waals surface area contributed by atoms with Crippen LogP contribution in [0.3, 0.4) is 0 Å². The average molecular weight is 383 g/mol. The van der Waals surface area contributed by atoms with Crippen LogP contribution >= 0.6 is 0 Å². The molecule has 2 aromatic carbocycles. The number of nitrogens with zero attached hydrogens (tertiary/aromatic N) is 1. The number of benzene rings is 2. The van der Waals surface area contributed by atoms with Gasteiger partial charge in [0.05, 0.1) is 6.61 Å². The first-order chi connectivity index (χ1) is 13.6. The van der Waals surface area contributed by atoms with Crippen molar-refractivity contribution in [3.8, 4) is 5.75 Å². The molecule has 0 aliphatic rings. The van der Waals surface area contributed by atoms with Crippen LogP contribution in [0.5, 0.6) is 5.75 Å². The van der Waals surface area contributed by atoms with Gasteiger partial charge in [-0.1, -0.05) is 24.3 Å². The summed E-state index contributed by atoms with van der Waals surface area (Å²) >= 11 is 0. The second-order valence-electron chi connectivity index (χ2n) is 6.83. The summed E-state index contributed by atoms with van der Waals surface area (Å²) in [6.45, 7) is 2.08. The molecule has 0 saturated heterocycles. The van der Waals surface area contributed by atoms with Crippen molar-refractivity contribution in [1.29, 1.82) is 0 Å². The molecule has 0 saturated carbocycles. The summed E-state index contributed by atoms with van der Waals surface area (Å²) in [5.74, 6) is 0.596. The molecular weight excluding hydrogens is 358 g/mol. The van der Waals surface area contributed by atoms with Gasteiger partial charge < -0.3 is 24.3 Å². The summed E-state index contributed by atoms with van der Waals surface area (Å²) in [5, 5.41) is 19.0. The van der Waals surface area contributed by atoms with Crippen LogP contribution in [0.4, 0.5) is 0 Å². The van der Waals surface area contributed by atoms with Crippen LogP contribution in [-0.4, -0.2) is 35.3 Å². The molecule has 3 rings (SSSR count). The Hall–Kier alpha value is -2.67. The predicted octanol–water partition coefficient (Wildman–Crippen LogP) is 2.68. The lowest BCUT2D eigenvalue weighted by molar-refractivity contribution is 0.244. The van der Waals surface area contributed by atoms with Crippen molar-refractivity contribution in [3.05, 3.63) is 75.6 Å². The number of fused-ring (bicyclic) bond motifs is 1. The van der Waals surface area contributed by atoms with E-state index in [-0.39, 0.29) is 13.2 Å². The summed E-state index contributed by atoms with van der Waals surface area (Å²) in [4.78, 5) is 13.8. The molecule has 3 aromatic rings. The van der Waals surface area contributed by atoms with Crippen LogP contribution in [0.2, 0.25) is 0 Å². The number of rotatable bonds is 9. The van der Waals surface area contributed by atoms with Gasteiger partial charge in [-0.2, -0.15) is 0 Å². The molecular formula is C22H25NO5. The minimum absolute atomic E-state index is 0.208. The molecule has 0 spiro atoms. The summed E-state index contributed by atoms with van der Waals surface area (Å²) in [5.41, 5.74) is 2.68. The maximum Gasteiger partial charge on any atom is 0.336 e. The normalized spacial score (nSPS) is 11.3. The van der Waals surface area contributed by atoms with E-state index in [1.165, 1.54) is 11.6 Å². The van der Waals surface area contributed by atoms with Crippen molar-refractivity contribution in [2.75, 3.05) is 20.2 Å². The molecule has 0 unspecified atom stereocenters. The molecule has 0 aliphatic carbocycles. The predicted molar refractivity (Wildman–Crippen MR) is 107 cm³/mol. The molecule has 28 heavy (non-hydrogen) atoms. The van der Waals surface area contributed by atoms with Gasteiger partial charge in [0.2, 0.25) is 0 Å². The van der Waals surface area contributed by atoms with Gasteiger partial charge in [-0.25, -0.2) is 4.79 Å². The molecule has 6 heteroatoms. The van der Waals surface area contributed by atoms with Crippen LogP contribution in [0.25, 0.3) is 11.0 Å². The fourth-order valence-corrected chi connectivity index (χ4v) is 3.07. The first-order valence-corrected chi connectivity index (χ1v) is 9.26. The Morgan fingerprint density at radius 2 is 1.79 bits per heavy atom. The quantitative estimate of drug-likeness (QED) is 0.553. The Balaban J connectivity index is 1.63. The van der Waals surface area contributed by atoms with Gasteiger partial charge in [0.1, 0.15) is 17.9 Å². The highest BCUT2D eigenvalue weighted by molar-refractivity contribution is 5.81. The van der Waals surface area contributed by atoms with Gasteiger partial charge in [0.15, 0.2) is 0 Å². The van der Waals surface area contributed by atoms with Crippen LogP contribution < -0.4 is 10.4 Å². The molecule has 148 valence electrons. The maximum absolute atomic E-state index is 11.6. The highest BCUT2D eigenvalue weighted by Crippen LogP contribution is 2.23. The zero-order valence-corrected chi connectivity index (χ0v) is 15.9. The minimum Gasteiger partial charge on any atom is -0.489 e. The first-order valence-electron chi connectivity index (χ1n) is 9.26. The molecule has 0 atom stereocenters. The number of ether oxygens (including phenoxy) is 1. The summed E-state index contributed by atoms with van der Waals surface area (Å²) < 4.78 is 11.0. The van der Waals surface area contributed by atoms with Gasteiger partial charge in [0.25, 0.3) is 0 Å². The van der Waals surface area contributed by atoms with E-state index in [1.807, 2.05) is 19.2 Å². The molecule has 6 nitrogen and oxygen atoms in total. The van der Waals surface area contributed by atoms with Crippen LogP contribution in [0.1, 0.15) is 23.1 Å². The lowest BCUT2D eigenvalue weighted by atomic mass is 10.1. The lowest BCUT2D eigenvalue weighted by Gasteiger charge is -2.16. The van der Waals surface area contributed by atoms with Crippen LogP contribution in [0.15, 0.2) is 57.7 Å². The molecule has 0 fully saturated rings. The van der Waals surface area contributed by atoms with E-state index < -0.39 is 5.63 Å². The number of aliphatic hydroxyl groups excluding tert-OH is 2. The molecule has 0 amide bonds. The highest BCUT2D eigenvalue weighted by Gasteiger charge is 2.07. The molecule has 0 aliphatic heterocycles. The Kier molecular flexibility index (Phi) is 6.81. The van der Waals surface area contributed by atoms with Gasteiger partial charge in [-0.05, 0) is 42.3 Å². The largest absolute Gasteiger partial charge is 0.489 e. The highest BCUT2D eigenvalue weighted by atomic mass is 16.5. The van der Waals surface area contributed by atoms with E-state index in [1.54, 1.807) is 18.2 Å². The summed E-state index contributed by atoms with van der Waals surface area (Å²) in [7, 11) is 2.03. The van der Waals surface area contributed by atoms with E-state index in [4.69, 9.17) is 14.3 Å². The Bertz CT molecular complexity index is 965. The number of hydrogen-bond acceptors (Lipinski definition) is 6. The fourth-order valence-electron chi connectivity index (χ4n) is 3.07. The van der Waals surface area contributed by atoms with Gasteiger partial charge in [0, 0.05) is 37.2 Å². The molecule has 0 bridgehead atoms. The Morgan fingerprint density at radius 1 is 1.04 bits per heavy atom. The SMILES string of the molecule is CN(CCCO)Cc1ccc(COc2ccc3c(CO)cc(=O)oc3c2)cc1. The summed E-state index contributed by atoms with van der Waals surface area (Å²) in [6.07, 6.45) is 0.772. The monoisotopic (exact) mass is 383 g/mol. The third-order valence-electron chi connectivity index (χ3n) is 4.55. The second kappa shape index (κ2) is 9.50. The van der Waals surface area contributed by atoms with Crippen molar-refractivity contribution in [3.63, 3.8) is 0 Å². The van der Waals surface area contributed by atoms with Gasteiger partial charge in [-0.15, -0.1) is 0 Å². The van der Waals surface area contributed by atoms with E-state index >= 15 is 0 Å². The third-order valence-corrected chi connectivity index (χ3v) is 4.55. The third kappa shape index (κ3) is 5.19. The van der Waals surface area contributed by atoms with E-state index in [2.05, 4.69) is 17.0 Å². The summed E-state index contributed by atoms with van der Waals surface area (Å²) in [6, 6.07) is 14.7. The van der Waals surface area contributed by atoms with Gasteiger partial charge >= 0.3 is 5.63 Å². The average Bonchev–Trinajstić information content (AvgIpc) is 2.70. The second-order valence-corrected chi connectivity index (χ2v) is 6.83. The Morgan fingerprint density at radius 3 is 2.50 bits per heavy atom. The zero-order valence-electron chi connectivity index (χ0n) is 15.9. The van der Waals surface area contributed by atoms with Crippen molar-refractivity contribution in [2.45, 2.75) is 26.2 Å². The van der Waals surface area contributed by atoms with Gasteiger partial charge in [-0.3, -0.25) is 0 Å². The number of aliphatic hydroxyl groups is 2. The fraction of sp³-hybridized carbons (Fsp3) is 0.318. The minimum atomic E-state index is -0.492. The topological polar surface area (TPSA) is 83.1 Å². The van der Waals surface area contributed by atoms with Crippen molar-refractivity contribution in [2.24, 2.45) is 0 Å². The van der Waals surface area contributed by atoms with E-state index in [0.29, 0.717) is 28.9 Å².